The van der Waals surface area contributed by atoms with Gasteiger partial charge < -0.3 is 5.32 Å². The smallest absolute Gasteiger partial charge is 0.246 e. The van der Waals surface area contributed by atoms with Crippen LogP contribution < -0.4 is 5.32 Å². The summed E-state index contributed by atoms with van der Waals surface area (Å²) in [5, 5.41) is 3.06. The van der Waals surface area contributed by atoms with E-state index in [1.165, 1.54) is 16.4 Å². The first kappa shape index (κ1) is 21.4. The molecule has 0 spiro atoms. The average molecular weight is 463 g/mol. The topological polar surface area (TPSA) is 69.7 Å². The van der Waals surface area contributed by atoms with E-state index in [1.54, 1.807) is 0 Å². The summed E-state index contributed by atoms with van der Waals surface area (Å²) in [6.07, 6.45) is 0. The monoisotopic (exact) mass is 461 g/mol. The van der Waals surface area contributed by atoms with Gasteiger partial charge in [0.15, 0.2) is 0 Å². The van der Waals surface area contributed by atoms with Crippen molar-refractivity contribution in [3.8, 4) is 0 Å². The normalized spacial score (nSPS) is 16.1. The number of piperazine rings is 1. The van der Waals surface area contributed by atoms with Crippen molar-refractivity contribution in [3.05, 3.63) is 57.5 Å². The number of halogens is 3. The highest BCUT2D eigenvalue weighted by Crippen LogP contribution is 2.34. The zero-order chi connectivity index (χ0) is 20.3. The summed E-state index contributed by atoms with van der Waals surface area (Å²) >= 11 is 18.0. The summed E-state index contributed by atoms with van der Waals surface area (Å²) in [5.74, 6) is -0.147. The first-order chi connectivity index (χ1) is 13.3. The number of para-hydroxylation sites is 1. The van der Waals surface area contributed by atoms with Gasteiger partial charge in [-0.2, -0.15) is 4.31 Å². The number of carbonyl (C=O) groups excluding carboxylic acids is 1. The molecule has 1 N–H and O–H groups in total. The lowest BCUT2D eigenvalue weighted by atomic mass is 10.3. The molecule has 0 radical (unpaired) electrons. The molecule has 0 aliphatic carbocycles. The summed E-state index contributed by atoms with van der Waals surface area (Å²) in [6, 6.07) is 11.9. The molecule has 1 aliphatic rings. The van der Waals surface area contributed by atoms with Crippen LogP contribution >= 0.6 is 34.8 Å². The summed E-state index contributed by atoms with van der Waals surface area (Å²) in [7, 11) is -3.86. The van der Waals surface area contributed by atoms with Gasteiger partial charge in [-0.25, -0.2) is 8.42 Å². The molecule has 28 heavy (non-hydrogen) atoms. The van der Waals surface area contributed by atoms with E-state index in [0.29, 0.717) is 13.1 Å². The molecular formula is C18H18Cl3N3O3S. The van der Waals surface area contributed by atoms with E-state index in [9.17, 15) is 13.2 Å². The van der Waals surface area contributed by atoms with Crippen LogP contribution in [0.5, 0.6) is 0 Å². The number of hydrogen-bond acceptors (Lipinski definition) is 4. The lowest BCUT2D eigenvalue weighted by Gasteiger charge is -2.33. The number of hydrogen-bond donors (Lipinski definition) is 1. The third-order valence-electron chi connectivity index (χ3n) is 4.32. The maximum absolute atomic E-state index is 12.9. The Labute approximate surface area is 179 Å². The number of benzene rings is 2. The molecule has 0 atom stereocenters. The quantitative estimate of drug-likeness (QED) is 0.737. The van der Waals surface area contributed by atoms with Gasteiger partial charge in [0.2, 0.25) is 15.9 Å². The van der Waals surface area contributed by atoms with Gasteiger partial charge in [-0.05, 0) is 24.3 Å². The fourth-order valence-corrected chi connectivity index (χ4v) is 5.87. The number of nitrogens with zero attached hydrogens (tertiary/aromatic N) is 2. The molecular weight excluding hydrogens is 445 g/mol. The highest BCUT2D eigenvalue weighted by molar-refractivity contribution is 7.89. The number of sulfonamides is 1. The van der Waals surface area contributed by atoms with Crippen LogP contribution in [0.2, 0.25) is 15.1 Å². The van der Waals surface area contributed by atoms with Gasteiger partial charge in [0.05, 0.1) is 16.6 Å². The van der Waals surface area contributed by atoms with Gasteiger partial charge in [-0.3, -0.25) is 9.69 Å². The van der Waals surface area contributed by atoms with Gasteiger partial charge in [0.1, 0.15) is 4.90 Å². The van der Waals surface area contributed by atoms with Crippen molar-refractivity contribution in [2.45, 2.75) is 4.90 Å². The van der Waals surface area contributed by atoms with Crippen molar-refractivity contribution in [1.29, 1.82) is 0 Å². The molecule has 1 saturated heterocycles. The second-order valence-corrected chi connectivity index (χ2v) is 9.42. The van der Waals surface area contributed by atoms with Gasteiger partial charge >= 0.3 is 0 Å². The summed E-state index contributed by atoms with van der Waals surface area (Å²) in [4.78, 5) is 13.9. The van der Waals surface area contributed by atoms with Gasteiger partial charge in [0, 0.05) is 36.9 Å². The van der Waals surface area contributed by atoms with Crippen LogP contribution in [0.3, 0.4) is 0 Å². The number of amides is 1. The predicted molar refractivity (Wildman–Crippen MR) is 112 cm³/mol. The van der Waals surface area contributed by atoms with E-state index in [2.05, 4.69) is 5.32 Å². The number of nitrogens with one attached hydrogen (secondary N) is 1. The molecule has 2 aromatic carbocycles. The number of anilines is 1. The Morgan fingerprint density at radius 1 is 0.964 bits per heavy atom. The zero-order valence-electron chi connectivity index (χ0n) is 14.7. The Hall–Kier alpha value is -1.35. The molecule has 3 rings (SSSR count). The highest BCUT2D eigenvalue weighted by atomic mass is 35.5. The maximum atomic E-state index is 12.9. The van der Waals surface area contributed by atoms with E-state index in [0.717, 1.165) is 5.69 Å². The Bertz CT molecular complexity index is 940. The molecule has 0 unspecified atom stereocenters. The summed E-state index contributed by atoms with van der Waals surface area (Å²) < 4.78 is 27.2. The fraction of sp³-hybridized carbons (Fsp3) is 0.278. The molecule has 1 aliphatic heterocycles. The first-order valence-electron chi connectivity index (χ1n) is 8.49. The molecule has 10 heteroatoms. The fourth-order valence-electron chi connectivity index (χ4n) is 2.96. The summed E-state index contributed by atoms with van der Waals surface area (Å²) in [5.41, 5.74) is 0.723. The lowest BCUT2D eigenvalue weighted by Crippen LogP contribution is -2.50. The number of rotatable bonds is 5. The van der Waals surface area contributed by atoms with Crippen LogP contribution in [0, 0.1) is 0 Å². The standard InChI is InChI=1S/C18H18Cl3N3O3S/c19-13-10-15(20)18(16(21)11-13)28(26,27)24-8-6-23(7-9-24)12-17(25)22-14-4-2-1-3-5-14/h1-5,10-11H,6-9,12H2,(H,22,25). The Morgan fingerprint density at radius 2 is 1.54 bits per heavy atom. The number of carbonyl (C=O) groups is 1. The SMILES string of the molecule is O=C(CN1CCN(S(=O)(=O)c2c(Cl)cc(Cl)cc2Cl)CC1)Nc1ccccc1. The first-order valence-corrected chi connectivity index (χ1v) is 11.1. The molecule has 0 aromatic heterocycles. The van der Waals surface area contributed by atoms with Crippen molar-refractivity contribution in [1.82, 2.24) is 9.21 Å². The molecule has 150 valence electrons. The highest BCUT2D eigenvalue weighted by Gasteiger charge is 2.32. The van der Waals surface area contributed by atoms with Crippen LogP contribution in [0.25, 0.3) is 0 Å². The van der Waals surface area contributed by atoms with E-state index in [1.807, 2.05) is 35.2 Å². The second-order valence-electron chi connectivity index (χ2n) is 6.29. The van der Waals surface area contributed by atoms with Crippen molar-refractivity contribution in [2.24, 2.45) is 0 Å². The van der Waals surface area contributed by atoms with Crippen LogP contribution in [0.4, 0.5) is 5.69 Å². The maximum Gasteiger partial charge on any atom is 0.246 e. The Balaban J connectivity index is 1.61. The minimum atomic E-state index is -3.86. The molecule has 2 aromatic rings. The van der Waals surface area contributed by atoms with Gasteiger partial charge in [-0.15, -0.1) is 0 Å². The van der Waals surface area contributed by atoms with Crippen LogP contribution in [0.1, 0.15) is 0 Å². The molecule has 1 fully saturated rings. The lowest BCUT2D eigenvalue weighted by molar-refractivity contribution is -0.117. The third kappa shape index (κ3) is 4.97. The van der Waals surface area contributed by atoms with E-state index in [4.69, 9.17) is 34.8 Å². The van der Waals surface area contributed by atoms with Crippen LogP contribution in [-0.2, 0) is 14.8 Å². The zero-order valence-corrected chi connectivity index (χ0v) is 17.8. The molecule has 0 saturated carbocycles. The van der Waals surface area contributed by atoms with Crippen molar-refractivity contribution >= 4 is 56.4 Å². The van der Waals surface area contributed by atoms with Crippen LogP contribution in [0.15, 0.2) is 47.4 Å². The molecule has 1 heterocycles. The van der Waals surface area contributed by atoms with Crippen LogP contribution in [-0.4, -0.2) is 56.3 Å². The van der Waals surface area contributed by atoms with E-state index < -0.39 is 10.0 Å². The average Bonchev–Trinajstić information content (AvgIpc) is 2.61. The van der Waals surface area contributed by atoms with E-state index >= 15 is 0 Å². The largest absolute Gasteiger partial charge is 0.325 e. The Kier molecular flexibility index (Phi) is 6.85. The summed E-state index contributed by atoms with van der Waals surface area (Å²) in [6.45, 7) is 1.49. The predicted octanol–water partition coefficient (Wildman–Crippen LogP) is 3.59. The van der Waals surface area contributed by atoms with Gasteiger partial charge in [-0.1, -0.05) is 53.0 Å². The minimum Gasteiger partial charge on any atom is -0.325 e. The van der Waals surface area contributed by atoms with Crippen molar-refractivity contribution in [2.75, 3.05) is 38.0 Å². The third-order valence-corrected chi connectivity index (χ3v) is 7.36. The minimum absolute atomic E-state index is 0.0119. The van der Waals surface area contributed by atoms with Crippen molar-refractivity contribution < 1.29 is 13.2 Å². The molecule has 6 nitrogen and oxygen atoms in total. The van der Waals surface area contributed by atoms with Crippen molar-refractivity contribution in [3.63, 3.8) is 0 Å². The molecule has 1 amide bonds. The molecule has 0 bridgehead atoms. The second kappa shape index (κ2) is 8.98. The van der Waals surface area contributed by atoms with E-state index in [-0.39, 0.29) is 45.5 Å². The van der Waals surface area contributed by atoms with Gasteiger partial charge in [0.25, 0.3) is 0 Å². The Morgan fingerprint density at radius 3 is 2.11 bits per heavy atom.